The predicted octanol–water partition coefficient (Wildman–Crippen LogP) is 4.68. The third-order valence-corrected chi connectivity index (χ3v) is 2.61. The van der Waals surface area contributed by atoms with E-state index in [1.165, 1.54) is 5.56 Å². The van der Waals surface area contributed by atoms with Crippen molar-refractivity contribution in [3.8, 4) is 11.1 Å². The van der Waals surface area contributed by atoms with Gasteiger partial charge in [-0.25, -0.2) is 4.39 Å². The van der Waals surface area contributed by atoms with Crippen LogP contribution in [0.5, 0.6) is 0 Å². The molecule has 2 rings (SSSR count). The molecule has 0 saturated heterocycles. The molecule has 0 atom stereocenters. The van der Waals surface area contributed by atoms with Crippen LogP contribution >= 0.6 is 0 Å². The van der Waals surface area contributed by atoms with Crippen molar-refractivity contribution in [1.29, 1.82) is 0 Å². The van der Waals surface area contributed by atoms with Crippen LogP contribution in [0.1, 0.15) is 12.5 Å². The van der Waals surface area contributed by atoms with Crippen LogP contribution in [0.2, 0.25) is 0 Å². The van der Waals surface area contributed by atoms with Gasteiger partial charge in [0.05, 0.1) is 6.33 Å². The van der Waals surface area contributed by atoms with Crippen molar-refractivity contribution < 1.29 is 4.39 Å². The highest BCUT2D eigenvalue weighted by Gasteiger charge is 1.98. The SMILES string of the molecule is CC(=CF)c1ccc(-c2ccccc2)cc1. The zero-order chi connectivity index (χ0) is 11.4. The van der Waals surface area contributed by atoms with Gasteiger partial charge in [-0.1, -0.05) is 54.6 Å². The smallest absolute Gasteiger partial charge is 0.0902 e. The van der Waals surface area contributed by atoms with E-state index in [9.17, 15) is 4.39 Å². The molecule has 0 nitrogen and oxygen atoms in total. The lowest BCUT2D eigenvalue weighted by Gasteiger charge is -2.03. The second-order valence-electron chi connectivity index (χ2n) is 3.74. The van der Waals surface area contributed by atoms with Gasteiger partial charge in [-0.3, -0.25) is 0 Å². The number of hydrogen-bond donors (Lipinski definition) is 0. The summed E-state index contributed by atoms with van der Waals surface area (Å²) >= 11 is 0. The van der Waals surface area contributed by atoms with Gasteiger partial charge in [0.1, 0.15) is 0 Å². The van der Waals surface area contributed by atoms with E-state index in [1.54, 1.807) is 6.92 Å². The zero-order valence-electron chi connectivity index (χ0n) is 9.15. The van der Waals surface area contributed by atoms with Crippen LogP contribution in [-0.2, 0) is 0 Å². The first kappa shape index (κ1) is 10.6. The van der Waals surface area contributed by atoms with E-state index in [-0.39, 0.29) is 0 Å². The molecule has 0 bridgehead atoms. The van der Waals surface area contributed by atoms with Gasteiger partial charge in [-0.05, 0) is 29.2 Å². The zero-order valence-corrected chi connectivity index (χ0v) is 9.15. The fourth-order valence-corrected chi connectivity index (χ4v) is 1.62. The van der Waals surface area contributed by atoms with Crippen LogP contribution in [0.25, 0.3) is 16.7 Å². The third-order valence-electron chi connectivity index (χ3n) is 2.61. The monoisotopic (exact) mass is 212 g/mol. The minimum absolute atomic E-state index is 0.636. The van der Waals surface area contributed by atoms with Crippen molar-refractivity contribution in [2.45, 2.75) is 6.92 Å². The summed E-state index contributed by atoms with van der Waals surface area (Å²) in [7, 11) is 0. The normalized spacial score (nSPS) is 11.5. The van der Waals surface area contributed by atoms with Crippen molar-refractivity contribution >= 4 is 5.57 Å². The molecule has 0 amide bonds. The number of rotatable bonds is 2. The quantitative estimate of drug-likeness (QED) is 0.677. The fraction of sp³-hybridized carbons (Fsp3) is 0.0667. The number of benzene rings is 2. The van der Waals surface area contributed by atoms with Gasteiger partial charge in [0.2, 0.25) is 0 Å². The number of hydrogen-bond acceptors (Lipinski definition) is 0. The maximum atomic E-state index is 12.3. The van der Waals surface area contributed by atoms with Crippen LogP contribution in [0, 0.1) is 0 Å². The van der Waals surface area contributed by atoms with Crippen molar-refractivity contribution in [3.63, 3.8) is 0 Å². The van der Waals surface area contributed by atoms with E-state index < -0.39 is 0 Å². The Morgan fingerprint density at radius 3 is 2.00 bits per heavy atom. The van der Waals surface area contributed by atoms with Crippen molar-refractivity contribution in [1.82, 2.24) is 0 Å². The van der Waals surface area contributed by atoms with Crippen LogP contribution in [0.3, 0.4) is 0 Å². The molecule has 0 N–H and O–H groups in total. The predicted molar refractivity (Wildman–Crippen MR) is 66.6 cm³/mol. The van der Waals surface area contributed by atoms with Gasteiger partial charge in [-0.15, -0.1) is 0 Å². The molecule has 0 saturated carbocycles. The van der Waals surface area contributed by atoms with Crippen molar-refractivity contribution in [2.75, 3.05) is 0 Å². The largest absolute Gasteiger partial charge is 0.215 e. The van der Waals surface area contributed by atoms with Gasteiger partial charge >= 0.3 is 0 Å². The summed E-state index contributed by atoms with van der Waals surface area (Å²) in [6.45, 7) is 1.76. The maximum Gasteiger partial charge on any atom is 0.0902 e. The van der Waals surface area contributed by atoms with Crippen LogP contribution in [-0.4, -0.2) is 0 Å². The van der Waals surface area contributed by atoms with Gasteiger partial charge in [0.15, 0.2) is 0 Å². The molecule has 16 heavy (non-hydrogen) atoms. The Morgan fingerprint density at radius 1 is 0.875 bits per heavy atom. The Hall–Kier alpha value is -1.89. The molecule has 0 unspecified atom stereocenters. The van der Waals surface area contributed by atoms with E-state index in [4.69, 9.17) is 0 Å². The van der Waals surface area contributed by atoms with Gasteiger partial charge in [0.25, 0.3) is 0 Å². The Morgan fingerprint density at radius 2 is 1.44 bits per heavy atom. The number of halogens is 1. The molecular formula is C15H13F. The van der Waals surface area contributed by atoms with Gasteiger partial charge in [0, 0.05) is 0 Å². The molecule has 2 aromatic rings. The molecule has 0 fully saturated rings. The van der Waals surface area contributed by atoms with Crippen LogP contribution in [0.4, 0.5) is 4.39 Å². The first-order chi connectivity index (χ1) is 7.81. The van der Waals surface area contributed by atoms with Crippen molar-refractivity contribution in [2.24, 2.45) is 0 Å². The van der Waals surface area contributed by atoms with E-state index >= 15 is 0 Å². The van der Waals surface area contributed by atoms with Gasteiger partial charge in [-0.2, -0.15) is 0 Å². The minimum Gasteiger partial charge on any atom is -0.215 e. The molecule has 80 valence electrons. The summed E-state index contributed by atoms with van der Waals surface area (Å²) in [5.41, 5.74) is 3.90. The summed E-state index contributed by atoms with van der Waals surface area (Å²) in [5.74, 6) is 0. The first-order valence-electron chi connectivity index (χ1n) is 5.24. The lowest BCUT2D eigenvalue weighted by Crippen LogP contribution is -1.80. The second kappa shape index (κ2) is 4.75. The third kappa shape index (κ3) is 2.19. The molecule has 0 aliphatic heterocycles. The highest BCUT2D eigenvalue weighted by molar-refractivity contribution is 5.69. The Labute approximate surface area is 95.1 Å². The summed E-state index contributed by atoms with van der Waals surface area (Å²) in [4.78, 5) is 0. The lowest BCUT2D eigenvalue weighted by molar-refractivity contribution is 0.723. The second-order valence-corrected chi connectivity index (χ2v) is 3.74. The fourth-order valence-electron chi connectivity index (χ4n) is 1.62. The highest BCUT2D eigenvalue weighted by Crippen LogP contribution is 2.22. The summed E-state index contributed by atoms with van der Waals surface area (Å²) in [6.07, 6.45) is 0.636. The maximum absolute atomic E-state index is 12.3. The Balaban J connectivity index is 2.34. The standard InChI is InChI=1S/C15H13F/c1-12(11-16)13-7-9-15(10-8-13)14-5-3-2-4-6-14/h2-11H,1H3. The van der Waals surface area contributed by atoms with E-state index in [2.05, 4.69) is 12.1 Å². The molecule has 0 aliphatic carbocycles. The van der Waals surface area contributed by atoms with E-state index in [1.807, 2.05) is 42.5 Å². The first-order valence-corrected chi connectivity index (χ1v) is 5.24. The van der Waals surface area contributed by atoms with Crippen LogP contribution < -0.4 is 0 Å². The molecule has 0 aliphatic rings. The molecule has 0 radical (unpaired) electrons. The number of allylic oxidation sites excluding steroid dienone is 1. The van der Waals surface area contributed by atoms with Crippen molar-refractivity contribution in [3.05, 3.63) is 66.5 Å². The average Bonchev–Trinajstić information content (AvgIpc) is 2.39. The Bertz CT molecular complexity index is 481. The topological polar surface area (TPSA) is 0 Å². The molecule has 0 heterocycles. The molecule has 0 spiro atoms. The summed E-state index contributed by atoms with van der Waals surface area (Å²) in [5, 5.41) is 0. The molecular weight excluding hydrogens is 199 g/mol. The highest BCUT2D eigenvalue weighted by atomic mass is 19.1. The average molecular weight is 212 g/mol. The molecule has 1 heteroatoms. The Kier molecular flexibility index (Phi) is 3.16. The van der Waals surface area contributed by atoms with Gasteiger partial charge < -0.3 is 0 Å². The molecule has 2 aromatic carbocycles. The summed E-state index contributed by atoms with van der Waals surface area (Å²) < 4.78 is 12.3. The van der Waals surface area contributed by atoms with E-state index in [0.717, 1.165) is 11.1 Å². The van der Waals surface area contributed by atoms with E-state index in [0.29, 0.717) is 11.9 Å². The minimum atomic E-state index is 0.636. The van der Waals surface area contributed by atoms with Crippen LogP contribution in [0.15, 0.2) is 60.9 Å². The lowest BCUT2D eigenvalue weighted by atomic mass is 10.0. The summed E-state index contributed by atoms with van der Waals surface area (Å²) in [6, 6.07) is 18.0. The molecule has 0 aromatic heterocycles.